The summed E-state index contributed by atoms with van der Waals surface area (Å²) in [6.45, 7) is 12.8. The van der Waals surface area contributed by atoms with Gasteiger partial charge in [-0.05, 0) is 54.6 Å². The highest BCUT2D eigenvalue weighted by Gasteiger charge is 2.07. The molecular weight excluding hydrogens is 368 g/mol. The lowest BCUT2D eigenvalue weighted by molar-refractivity contribution is -0.112. The van der Waals surface area contributed by atoms with Crippen LogP contribution in [-0.2, 0) is 4.79 Å². The fourth-order valence-electron chi connectivity index (χ4n) is 2.76. The van der Waals surface area contributed by atoms with Crippen molar-refractivity contribution in [2.45, 2.75) is 46.5 Å². The second-order valence-corrected chi connectivity index (χ2v) is 6.98. The van der Waals surface area contributed by atoms with Gasteiger partial charge in [-0.2, -0.15) is 5.26 Å². The van der Waals surface area contributed by atoms with Gasteiger partial charge in [0.15, 0.2) is 0 Å². The Morgan fingerprint density at radius 2 is 1.67 bits per heavy atom. The molecule has 0 bridgehead atoms. The molecule has 3 nitrogen and oxygen atoms in total. The number of allylic oxidation sites excluding steroid dienone is 1. The van der Waals surface area contributed by atoms with Crippen molar-refractivity contribution >= 4 is 33.1 Å². The average molecular weight is 401 g/mol. The Kier molecular flexibility index (Phi) is 11.3. The Morgan fingerprint density at radius 3 is 2.23 bits per heavy atom. The van der Waals surface area contributed by atoms with Gasteiger partial charge in [0, 0.05) is 23.1 Å². The largest absolute Gasteiger partial charge is 0.322 e. The predicted molar refractivity (Wildman–Crippen MR) is 131 cm³/mol. The highest BCUT2D eigenvalue weighted by Crippen LogP contribution is 2.28. The fourth-order valence-corrected chi connectivity index (χ4v) is 2.76. The SMILES string of the molecule is C=C(C)C(=O)Nc1cccc2cc3ccccc3cc12.C=CC.CCCCCC#N. The third-order valence-corrected chi connectivity index (χ3v) is 4.27. The third kappa shape index (κ3) is 7.93. The molecule has 1 N–H and O–H groups in total. The molecule has 0 aliphatic carbocycles. The van der Waals surface area contributed by atoms with Gasteiger partial charge in [-0.15, -0.1) is 6.58 Å². The normalized spacial score (nSPS) is 9.40. The van der Waals surface area contributed by atoms with Gasteiger partial charge in [0.25, 0.3) is 5.91 Å². The van der Waals surface area contributed by atoms with Crippen LogP contribution >= 0.6 is 0 Å². The number of nitriles is 1. The molecule has 0 radical (unpaired) electrons. The number of benzene rings is 3. The molecule has 3 heteroatoms. The average Bonchev–Trinajstić information content (AvgIpc) is 2.74. The molecule has 1 amide bonds. The number of nitrogens with one attached hydrogen (secondary N) is 1. The van der Waals surface area contributed by atoms with Crippen LogP contribution in [0.5, 0.6) is 0 Å². The molecule has 0 aromatic heterocycles. The molecule has 156 valence electrons. The smallest absolute Gasteiger partial charge is 0.250 e. The summed E-state index contributed by atoms with van der Waals surface area (Å²) in [7, 11) is 0. The van der Waals surface area contributed by atoms with E-state index in [2.05, 4.69) is 61.8 Å². The molecule has 3 aromatic carbocycles. The quantitative estimate of drug-likeness (QED) is 0.206. The summed E-state index contributed by atoms with van der Waals surface area (Å²) in [6.07, 6.45) is 5.97. The van der Waals surface area contributed by atoms with Gasteiger partial charge in [-0.25, -0.2) is 0 Å². The number of rotatable bonds is 5. The van der Waals surface area contributed by atoms with E-state index in [0.717, 1.165) is 34.7 Å². The lowest BCUT2D eigenvalue weighted by Crippen LogP contribution is -2.11. The first kappa shape index (κ1) is 24.7. The van der Waals surface area contributed by atoms with E-state index in [1.165, 1.54) is 18.2 Å². The van der Waals surface area contributed by atoms with E-state index in [-0.39, 0.29) is 5.91 Å². The van der Waals surface area contributed by atoms with E-state index in [1.54, 1.807) is 13.0 Å². The molecule has 0 fully saturated rings. The Bertz CT molecular complexity index is 1030. The third-order valence-electron chi connectivity index (χ3n) is 4.27. The number of carbonyl (C=O) groups is 1. The van der Waals surface area contributed by atoms with Crippen LogP contribution in [-0.4, -0.2) is 5.91 Å². The maximum absolute atomic E-state index is 11.8. The van der Waals surface area contributed by atoms with Gasteiger partial charge in [-0.1, -0.05) is 68.8 Å². The van der Waals surface area contributed by atoms with Crippen molar-refractivity contribution in [2.24, 2.45) is 0 Å². The molecule has 3 aromatic rings. The van der Waals surface area contributed by atoms with Crippen LogP contribution in [0.15, 0.2) is 79.4 Å². The summed E-state index contributed by atoms with van der Waals surface area (Å²) in [5.74, 6) is -0.148. The number of unbranched alkanes of at least 4 members (excludes halogenated alkanes) is 3. The molecule has 0 saturated carbocycles. The highest BCUT2D eigenvalue weighted by molar-refractivity contribution is 6.10. The monoisotopic (exact) mass is 400 g/mol. The lowest BCUT2D eigenvalue weighted by Gasteiger charge is -2.10. The van der Waals surface area contributed by atoms with Crippen LogP contribution < -0.4 is 5.32 Å². The van der Waals surface area contributed by atoms with Crippen molar-refractivity contribution in [3.63, 3.8) is 0 Å². The first-order chi connectivity index (χ1) is 14.5. The molecule has 0 saturated heterocycles. The molecule has 0 spiro atoms. The van der Waals surface area contributed by atoms with Crippen LogP contribution in [0.25, 0.3) is 21.5 Å². The second kappa shape index (κ2) is 13.7. The first-order valence-electron chi connectivity index (χ1n) is 10.3. The summed E-state index contributed by atoms with van der Waals surface area (Å²) in [5.41, 5.74) is 1.32. The van der Waals surface area contributed by atoms with Crippen LogP contribution in [0.3, 0.4) is 0 Å². The van der Waals surface area contributed by atoms with Gasteiger partial charge in [0.05, 0.1) is 6.07 Å². The van der Waals surface area contributed by atoms with E-state index in [1.807, 2.05) is 31.2 Å². The molecule has 3 rings (SSSR count). The maximum Gasteiger partial charge on any atom is 0.250 e. The van der Waals surface area contributed by atoms with Gasteiger partial charge >= 0.3 is 0 Å². The number of carbonyl (C=O) groups excluding carboxylic acids is 1. The van der Waals surface area contributed by atoms with E-state index >= 15 is 0 Å². The molecule has 0 aliphatic heterocycles. The van der Waals surface area contributed by atoms with Crippen LogP contribution in [0.4, 0.5) is 5.69 Å². The number of nitrogens with zero attached hydrogens (tertiary/aromatic N) is 1. The zero-order chi connectivity index (χ0) is 22.4. The minimum atomic E-state index is -0.148. The number of hydrogen-bond donors (Lipinski definition) is 1. The van der Waals surface area contributed by atoms with Crippen molar-refractivity contribution in [1.82, 2.24) is 0 Å². The predicted octanol–water partition coefficient (Wildman–Crippen LogP) is 7.79. The van der Waals surface area contributed by atoms with E-state index < -0.39 is 0 Å². The second-order valence-electron chi connectivity index (χ2n) is 6.98. The Morgan fingerprint density at radius 1 is 1.07 bits per heavy atom. The molecule has 30 heavy (non-hydrogen) atoms. The summed E-state index contributed by atoms with van der Waals surface area (Å²) >= 11 is 0. The van der Waals surface area contributed by atoms with E-state index in [0.29, 0.717) is 5.57 Å². The zero-order valence-corrected chi connectivity index (χ0v) is 18.4. The number of hydrogen-bond acceptors (Lipinski definition) is 2. The van der Waals surface area contributed by atoms with Crippen molar-refractivity contribution < 1.29 is 4.79 Å². The molecule has 0 unspecified atom stereocenters. The van der Waals surface area contributed by atoms with Gasteiger partial charge in [0.1, 0.15) is 0 Å². The topological polar surface area (TPSA) is 52.9 Å². The summed E-state index contributed by atoms with van der Waals surface area (Å²) in [4.78, 5) is 11.8. The van der Waals surface area contributed by atoms with Crippen molar-refractivity contribution in [2.75, 3.05) is 5.32 Å². The van der Waals surface area contributed by atoms with E-state index in [4.69, 9.17) is 5.26 Å². The van der Waals surface area contributed by atoms with Crippen molar-refractivity contribution in [1.29, 1.82) is 5.26 Å². The van der Waals surface area contributed by atoms with E-state index in [9.17, 15) is 4.79 Å². The minimum Gasteiger partial charge on any atom is -0.322 e. The maximum atomic E-state index is 11.8. The molecule has 0 atom stereocenters. The van der Waals surface area contributed by atoms with Gasteiger partial charge < -0.3 is 5.32 Å². The summed E-state index contributed by atoms with van der Waals surface area (Å²) in [5, 5.41) is 15.5. The summed E-state index contributed by atoms with van der Waals surface area (Å²) in [6, 6.07) is 20.5. The molecule has 0 aliphatic rings. The van der Waals surface area contributed by atoms with Crippen molar-refractivity contribution in [3.05, 3.63) is 79.4 Å². The van der Waals surface area contributed by atoms with Crippen LogP contribution in [0.1, 0.15) is 46.5 Å². The summed E-state index contributed by atoms with van der Waals surface area (Å²) < 4.78 is 0. The zero-order valence-electron chi connectivity index (χ0n) is 18.4. The van der Waals surface area contributed by atoms with Crippen LogP contribution in [0.2, 0.25) is 0 Å². The first-order valence-corrected chi connectivity index (χ1v) is 10.3. The Labute approximate surface area is 180 Å². The Hall–Kier alpha value is -3.38. The lowest BCUT2D eigenvalue weighted by atomic mass is 10.0. The van der Waals surface area contributed by atoms with Gasteiger partial charge in [0.2, 0.25) is 0 Å². The number of amides is 1. The minimum absolute atomic E-state index is 0.148. The molecular formula is C27H32N2O. The fraction of sp³-hybridized carbons (Fsp3) is 0.259. The van der Waals surface area contributed by atoms with Crippen molar-refractivity contribution in [3.8, 4) is 6.07 Å². The van der Waals surface area contributed by atoms with Crippen LogP contribution in [0, 0.1) is 11.3 Å². The van der Waals surface area contributed by atoms with Gasteiger partial charge in [-0.3, -0.25) is 4.79 Å². The Balaban J connectivity index is 0.000000380. The highest BCUT2D eigenvalue weighted by atomic mass is 16.1. The molecule has 0 heterocycles. The standard InChI is InChI=1S/C18H15NO.C6H11N.C3H6/c1-12(2)18(20)19-17-9-5-8-15-10-13-6-3-4-7-14(13)11-16(15)17;1-2-3-4-5-6-7;1-3-2/h3-11H,1H2,2H3,(H,19,20);2-5H2,1H3;3H,1H2,2H3. The number of fused-ring (bicyclic) bond motifs is 2. The number of anilines is 1.